The number of aromatic nitrogens is 2. The summed E-state index contributed by atoms with van der Waals surface area (Å²) in [4.78, 5) is 39.9. The van der Waals surface area contributed by atoms with E-state index in [4.69, 9.17) is 5.10 Å². The van der Waals surface area contributed by atoms with Crippen molar-refractivity contribution in [2.45, 2.75) is 38.3 Å². The van der Waals surface area contributed by atoms with E-state index in [1.807, 2.05) is 77.5 Å². The second-order valence-electron chi connectivity index (χ2n) is 9.76. The first-order valence-electron chi connectivity index (χ1n) is 12.5. The number of nitrogens with one attached hydrogen (secondary N) is 2. The first kappa shape index (κ1) is 23.0. The summed E-state index contributed by atoms with van der Waals surface area (Å²) >= 11 is 0. The molecule has 1 aromatic heterocycles. The topological polar surface area (TPSA) is 96.3 Å². The normalized spacial score (nSPS) is 18.8. The molecule has 8 heteroatoms. The molecule has 2 heterocycles. The fraction of sp³-hybridized carbons (Fsp3) is 0.241. The Kier molecular flexibility index (Phi) is 5.52. The first-order valence-corrected chi connectivity index (χ1v) is 12.5. The van der Waals surface area contributed by atoms with Crippen molar-refractivity contribution in [2.75, 3.05) is 6.54 Å². The van der Waals surface area contributed by atoms with Gasteiger partial charge in [0.15, 0.2) is 0 Å². The van der Waals surface area contributed by atoms with E-state index >= 15 is 0 Å². The summed E-state index contributed by atoms with van der Waals surface area (Å²) in [6.07, 6.45) is 2.92. The molecule has 1 saturated heterocycles. The molecule has 0 radical (unpaired) electrons. The van der Waals surface area contributed by atoms with Crippen LogP contribution in [0.4, 0.5) is 4.79 Å². The highest BCUT2D eigenvalue weighted by molar-refractivity contribution is 6.09. The summed E-state index contributed by atoms with van der Waals surface area (Å²) in [7, 11) is 0. The standard InChI is InChI=1S/C29H27N5O3/c1-29(21-15-14-19-8-5-6-9-20(19)16-21)27(36)33(28(37)31-29)18-26(35)30-17-24-23-12-7-13-25(23)34(32-24)22-10-3-2-4-11-22/h2-6,8-11,14-16H,7,12-13,17-18H2,1H3,(H,30,35)(H,31,37). The Hall–Kier alpha value is -4.46. The van der Waals surface area contributed by atoms with Gasteiger partial charge in [0.1, 0.15) is 12.1 Å². The fourth-order valence-corrected chi connectivity index (χ4v) is 5.36. The van der Waals surface area contributed by atoms with Crippen molar-refractivity contribution in [1.82, 2.24) is 25.3 Å². The highest BCUT2D eigenvalue weighted by Gasteiger charge is 2.49. The number of rotatable bonds is 6. The Morgan fingerprint density at radius 3 is 2.57 bits per heavy atom. The fourth-order valence-electron chi connectivity index (χ4n) is 5.36. The van der Waals surface area contributed by atoms with Crippen LogP contribution >= 0.6 is 0 Å². The first-order chi connectivity index (χ1) is 17.9. The van der Waals surface area contributed by atoms with Crippen molar-refractivity contribution in [3.8, 4) is 5.69 Å². The molecule has 37 heavy (non-hydrogen) atoms. The van der Waals surface area contributed by atoms with Crippen LogP contribution in [-0.2, 0) is 34.5 Å². The summed E-state index contributed by atoms with van der Waals surface area (Å²) in [5.74, 6) is -0.857. The van der Waals surface area contributed by atoms with Crippen molar-refractivity contribution in [2.24, 2.45) is 0 Å². The van der Waals surface area contributed by atoms with Crippen LogP contribution in [0.5, 0.6) is 0 Å². The number of imide groups is 1. The molecule has 4 amide bonds. The van der Waals surface area contributed by atoms with Crippen molar-refractivity contribution < 1.29 is 14.4 Å². The largest absolute Gasteiger partial charge is 0.349 e. The number of hydrogen-bond acceptors (Lipinski definition) is 4. The SMILES string of the molecule is CC1(c2ccc3ccccc3c2)NC(=O)N(CC(=O)NCc2nn(-c3ccccc3)c3c2CCC3)C1=O. The van der Waals surface area contributed by atoms with E-state index in [0.29, 0.717) is 5.56 Å². The van der Waals surface area contributed by atoms with E-state index in [-0.39, 0.29) is 13.1 Å². The minimum atomic E-state index is -1.24. The maximum atomic E-state index is 13.3. The third-order valence-corrected chi connectivity index (χ3v) is 7.37. The van der Waals surface area contributed by atoms with Gasteiger partial charge >= 0.3 is 6.03 Å². The van der Waals surface area contributed by atoms with Gasteiger partial charge in [-0.15, -0.1) is 0 Å². The number of fused-ring (bicyclic) bond motifs is 2. The number of nitrogens with zero attached hydrogens (tertiary/aromatic N) is 3. The molecule has 4 aromatic rings. The molecule has 2 aliphatic rings. The van der Waals surface area contributed by atoms with E-state index in [1.165, 1.54) is 11.3 Å². The minimum absolute atomic E-state index is 0.243. The monoisotopic (exact) mass is 493 g/mol. The lowest BCUT2D eigenvalue weighted by Crippen LogP contribution is -2.43. The summed E-state index contributed by atoms with van der Waals surface area (Å²) in [6.45, 7) is 1.57. The van der Waals surface area contributed by atoms with Gasteiger partial charge in [0.25, 0.3) is 5.91 Å². The molecule has 8 nitrogen and oxygen atoms in total. The van der Waals surface area contributed by atoms with Gasteiger partial charge < -0.3 is 10.6 Å². The zero-order valence-electron chi connectivity index (χ0n) is 20.5. The molecule has 0 saturated carbocycles. The van der Waals surface area contributed by atoms with Gasteiger partial charge in [0, 0.05) is 5.69 Å². The maximum absolute atomic E-state index is 13.3. The molecule has 0 spiro atoms. The number of hydrogen-bond donors (Lipinski definition) is 2. The van der Waals surface area contributed by atoms with Crippen LogP contribution < -0.4 is 10.6 Å². The van der Waals surface area contributed by atoms with Crippen LogP contribution in [0.25, 0.3) is 16.5 Å². The third-order valence-electron chi connectivity index (χ3n) is 7.37. The molecule has 1 aliphatic heterocycles. The molecule has 186 valence electrons. The van der Waals surface area contributed by atoms with Gasteiger partial charge in [0.2, 0.25) is 5.91 Å². The maximum Gasteiger partial charge on any atom is 0.325 e. The molecule has 1 fully saturated rings. The van der Waals surface area contributed by atoms with Gasteiger partial charge in [-0.2, -0.15) is 5.10 Å². The van der Waals surface area contributed by atoms with Crippen molar-refractivity contribution >= 4 is 28.6 Å². The molecular weight excluding hydrogens is 466 g/mol. The molecule has 2 N–H and O–H groups in total. The van der Waals surface area contributed by atoms with Crippen molar-refractivity contribution in [3.63, 3.8) is 0 Å². The van der Waals surface area contributed by atoms with Crippen LogP contribution in [0.3, 0.4) is 0 Å². The Morgan fingerprint density at radius 2 is 1.76 bits per heavy atom. The van der Waals surface area contributed by atoms with Crippen LogP contribution in [0.2, 0.25) is 0 Å². The van der Waals surface area contributed by atoms with Crippen LogP contribution in [-0.4, -0.2) is 39.1 Å². The van der Waals surface area contributed by atoms with E-state index in [2.05, 4.69) is 10.6 Å². The number of carbonyl (C=O) groups excluding carboxylic acids is 3. The van der Waals surface area contributed by atoms with Crippen LogP contribution in [0.1, 0.15) is 35.9 Å². The predicted octanol–water partition coefficient (Wildman–Crippen LogP) is 3.60. The minimum Gasteiger partial charge on any atom is -0.349 e. The Bertz CT molecular complexity index is 1540. The van der Waals surface area contributed by atoms with E-state index in [0.717, 1.165) is 46.3 Å². The van der Waals surface area contributed by atoms with Gasteiger partial charge in [-0.1, -0.05) is 54.6 Å². The molecule has 6 rings (SSSR count). The van der Waals surface area contributed by atoms with Gasteiger partial charge in [-0.3, -0.25) is 14.5 Å². The zero-order chi connectivity index (χ0) is 25.6. The smallest absolute Gasteiger partial charge is 0.325 e. The number of para-hydroxylation sites is 1. The Morgan fingerprint density at radius 1 is 1.00 bits per heavy atom. The third kappa shape index (κ3) is 3.94. The summed E-state index contributed by atoms with van der Waals surface area (Å²) < 4.78 is 1.95. The summed E-state index contributed by atoms with van der Waals surface area (Å²) in [6, 6.07) is 22.9. The Labute approximate surface area is 214 Å². The summed E-state index contributed by atoms with van der Waals surface area (Å²) in [5.41, 5.74) is 3.60. The molecule has 0 bridgehead atoms. The number of benzene rings is 3. The highest BCUT2D eigenvalue weighted by atomic mass is 16.2. The lowest BCUT2D eigenvalue weighted by Gasteiger charge is -2.22. The van der Waals surface area contributed by atoms with E-state index < -0.39 is 23.4 Å². The number of carbonyl (C=O) groups is 3. The second-order valence-corrected chi connectivity index (χ2v) is 9.76. The van der Waals surface area contributed by atoms with E-state index in [1.54, 1.807) is 6.92 Å². The van der Waals surface area contributed by atoms with Gasteiger partial charge in [0.05, 0.1) is 17.9 Å². The number of amides is 4. The van der Waals surface area contributed by atoms with Gasteiger partial charge in [-0.05, 0) is 66.3 Å². The summed E-state index contributed by atoms with van der Waals surface area (Å²) in [5, 5.41) is 12.4. The highest BCUT2D eigenvalue weighted by Crippen LogP contribution is 2.31. The van der Waals surface area contributed by atoms with Gasteiger partial charge in [-0.25, -0.2) is 9.48 Å². The molecule has 1 unspecified atom stereocenters. The average Bonchev–Trinajstić information content (AvgIpc) is 3.58. The van der Waals surface area contributed by atoms with Crippen LogP contribution in [0.15, 0.2) is 72.8 Å². The number of urea groups is 1. The quantitative estimate of drug-likeness (QED) is 0.401. The van der Waals surface area contributed by atoms with Crippen LogP contribution in [0, 0.1) is 0 Å². The van der Waals surface area contributed by atoms with E-state index in [9.17, 15) is 14.4 Å². The second kappa shape index (κ2) is 8.89. The molecule has 1 aliphatic carbocycles. The van der Waals surface area contributed by atoms with Crippen molar-refractivity contribution in [3.05, 3.63) is 95.3 Å². The molecular formula is C29H27N5O3. The lowest BCUT2D eigenvalue weighted by molar-refractivity contribution is -0.134. The predicted molar refractivity (Wildman–Crippen MR) is 139 cm³/mol. The Balaban J connectivity index is 1.16. The molecule has 1 atom stereocenters. The lowest BCUT2D eigenvalue weighted by atomic mass is 9.90. The van der Waals surface area contributed by atoms with Crippen molar-refractivity contribution in [1.29, 1.82) is 0 Å². The molecule has 3 aromatic carbocycles. The zero-order valence-corrected chi connectivity index (χ0v) is 20.5. The average molecular weight is 494 g/mol.